The highest BCUT2D eigenvalue weighted by molar-refractivity contribution is 6.30. The van der Waals surface area contributed by atoms with Crippen molar-refractivity contribution in [3.63, 3.8) is 0 Å². The predicted molar refractivity (Wildman–Crippen MR) is 73.0 cm³/mol. The monoisotopic (exact) mass is 297 g/mol. The molecule has 0 N–H and O–H groups in total. The Bertz CT molecular complexity index is 703. The number of imidazole rings is 1. The Balaban J connectivity index is 2.57. The summed E-state index contributed by atoms with van der Waals surface area (Å²) in [5.41, 5.74) is -0.249. The van der Waals surface area contributed by atoms with Crippen molar-refractivity contribution in [2.75, 3.05) is 0 Å². The zero-order valence-electron chi connectivity index (χ0n) is 11.1. The molecule has 1 aromatic heterocycles. The van der Waals surface area contributed by atoms with Crippen molar-refractivity contribution in [3.8, 4) is 0 Å². The first-order valence-electron chi connectivity index (χ1n) is 5.75. The second-order valence-electron chi connectivity index (χ2n) is 5.13. The van der Waals surface area contributed by atoms with Gasteiger partial charge in [-0.3, -0.25) is 10.1 Å². The molecular weight excluding hydrogens is 286 g/mol. The van der Waals surface area contributed by atoms with E-state index in [-0.39, 0.29) is 16.5 Å². The minimum atomic E-state index is -0.731. The van der Waals surface area contributed by atoms with Crippen LogP contribution in [0.2, 0.25) is 5.28 Å². The number of hydrogen-bond acceptors (Lipinski definition) is 5. The van der Waals surface area contributed by atoms with Gasteiger partial charge in [0.1, 0.15) is 5.60 Å². The van der Waals surface area contributed by atoms with E-state index < -0.39 is 16.6 Å². The van der Waals surface area contributed by atoms with E-state index in [0.29, 0.717) is 5.52 Å². The fraction of sp³-hybridized carbons (Fsp3) is 0.333. The van der Waals surface area contributed by atoms with Crippen molar-refractivity contribution in [2.45, 2.75) is 26.4 Å². The quantitative estimate of drug-likeness (QED) is 0.595. The zero-order chi connectivity index (χ0) is 15.1. The Morgan fingerprint density at radius 2 is 2.10 bits per heavy atom. The van der Waals surface area contributed by atoms with Crippen molar-refractivity contribution in [1.82, 2.24) is 9.55 Å². The lowest BCUT2D eigenvalue weighted by atomic mass is 10.2. The minimum Gasteiger partial charge on any atom is -0.443 e. The van der Waals surface area contributed by atoms with Crippen LogP contribution in [-0.4, -0.2) is 26.2 Å². The van der Waals surface area contributed by atoms with Gasteiger partial charge in [0.2, 0.25) is 5.28 Å². The Kier molecular flexibility index (Phi) is 3.39. The molecule has 0 aliphatic heterocycles. The molecule has 106 valence electrons. The lowest BCUT2D eigenvalue weighted by Crippen LogP contribution is -2.27. The number of fused-ring (bicyclic) bond motifs is 1. The molecule has 0 spiro atoms. The van der Waals surface area contributed by atoms with Gasteiger partial charge in [-0.2, -0.15) is 0 Å². The number of carbonyl (C=O) groups excluding carboxylic acids is 1. The predicted octanol–water partition coefficient (Wildman–Crippen LogP) is 3.38. The van der Waals surface area contributed by atoms with Gasteiger partial charge < -0.3 is 4.74 Å². The first kappa shape index (κ1) is 14.3. The zero-order valence-corrected chi connectivity index (χ0v) is 11.8. The van der Waals surface area contributed by atoms with Gasteiger partial charge in [0.05, 0.1) is 16.0 Å². The summed E-state index contributed by atoms with van der Waals surface area (Å²) in [5.74, 6) is 0. The van der Waals surface area contributed by atoms with Crippen LogP contribution in [0.4, 0.5) is 10.5 Å². The Hall–Kier alpha value is -2.15. The maximum Gasteiger partial charge on any atom is 0.421 e. The summed E-state index contributed by atoms with van der Waals surface area (Å²) in [6.45, 7) is 5.13. The van der Waals surface area contributed by atoms with Crippen LogP contribution >= 0.6 is 11.6 Å². The summed E-state index contributed by atoms with van der Waals surface area (Å²) in [6, 6.07) is 3.96. The van der Waals surface area contributed by atoms with E-state index >= 15 is 0 Å². The normalized spacial score (nSPS) is 11.6. The molecule has 0 atom stereocenters. The fourth-order valence-electron chi connectivity index (χ4n) is 1.63. The molecule has 0 fully saturated rings. The van der Waals surface area contributed by atoms with Gasteiger partial charge in [-0.1, -0.05) is 0 Å². The van der Waals surface area contributed by atoms with Crippen LogP contribution in [0.5, 0.6) is 0 Å². The topological polar surface area (TPSA) is 87.3 Å². The third-order valence-corrected chi connectivity index (χ3v) is 2.64. The van der Waals surface area contributed by atoms with Gasteiger partial charge in [-0.05, 0) is 38.4 Å². The number of aromatic nitrogens is 2. The largest absolute Gasteiger partial charge is 0.443 e. The average molecular weight is 298 g/mol. The van der Waals surface area contributed by atoms with Crippen LogP contribution in [0.3, 0.4) is 0 Å². The molecule has 0 aliphatic rings. The molecule has 2 aromatic rings. The van der Waals surface area contributed by atoms with Crippen molar-refractivity contribution in [1.29, 1.82) is 0 Å². The number of nitro groups is 1. The number of carbonyl (C=O) groups is 1. The minimum absolute atomic E-state index is 0.102. The first-order valence-corrected chi connectivity index (χ1v) is 6.12. The Labute approximate surface area is 119 Å². The fourth-order valence-corrected chi connectivity index (χ4v) is 1.88. The lowest BCUT2D eigenvalue weighted by Gasteiger charge is -2.19. The van der Waals surface area contributed by atoms with E-state index in [1.807, 2.05) is 0 Å². The molecule has 2 rings (SSSR count). The van der Waals surface area contributed by atoms with E-state index in [1.54, 1.807) is 20.8 Å². The summed E-state index contributed by atoms with van der Waals surface area (Å²) in [5, 5.41) is 10.7. The molecule has 0 saturated heterocycles. The van der Waals surface area contributed by atoms with Crippen LogP contribution in [0, 0.1) is 10.1 Å². The molecule has 1 aromatic carbocycles. The molecular formula is C12H12ClN3O4. The molecule has 1 heterocycles. The summed E-state index contributed by atoms with van der Waals surface area (Å²) in [6.07, 6.45) is -0.731. The summed E-state index contributed by atoms with van der Waals surface area (Å²) < 4.78 is 6.21. The van der Waals surface area contributed by atoms with Crippen LogP contribution < -0.4 is 0 Å². The van der Waals surface area contributed by atoms with E-state index in [0.717, 1.165) is 4.57 Å². The molecule has 0 radical (unpaired) electrons. The molecule has 0 unspecified atom stereocenters. The molecule has 0 saturated carbocycles. The second-order valence-corrected chi connectivity index (χ2v) is 5.46. The van der Waals surface area contributed by atoms with Crippen LogP contribution in [-0.2, 0) is 4.74 Å². The maximum absolute atomic E-state index is 12.1. The first-order chi connectivity index (χ1) is 9.19. The van der Waals surface area contributed by atoms with Crippen molar-refractivity contribution < 1.29 is 14.5 Å². The number of nitro benzene ring substituents is 1. The molecule has 0 aliphatic carbocycles. The third-order valence-electron chi connectivity index (χ3n) is 2.38. The van der Waals surface area contributed by atoms with E-state index in [1.165, 1.54) is 18.2 Å². The van der Waals surface area contributed by atoms with Crippen LogP contribution in [0.15, 0.2) is 18.2 Å². The number of non-ortho nitro benzene ring substituents is 1. The summed E-state index contributed by atoms with van der Waals surface area (Å²) >= 11 is 5.90. The van der Waals surface area contributed by atoms with Gasteiger partial charge >= 0.3 is 6.09 Å². The van der Waals surface area contributed by atoms with E-state index in [9.17, 15) is 14.9 Å². The summed E-state index contributed by atoms with van der Waals surface area (Å²) in [4.78, 5) is 26.3. The van der Waals surface area contributed by atoms with Crippen LogP contribution in [0.25, 0.3) is 11.0 Å². The number of nitrogens with zero attached hydrogens (tertiary/aromatic N) is 3. The highest BCUT2D eigenvalue weighted by Crippen LogP contribution is 2.25. The molecule has 8 heteroatoms. The van der Waals surface area contributed by atoms with Gasteiger partial charge in [0, 0.05) is 12.1 Å². The molecule has 0 bridgehead atoms. The molecule has 7 nitrogen and oxygen atoms in total. The van der Waals surface area contributed by atoms with Crippen molar-refractivity contribution in [3.05, 3.63) is 33.6 Å². The highest BCUT2D eigenvalue weighted by Gasteiger charge is 2.23. The number of rotatable bonds is 1. The summed E-state index contributed by atoms with van der Waals surface area (Å²) in [7, 11) is 0. The average Bonchev–Trinajstić information content (AvgIpc) is 2.61. The SMILES string of the molecule is CC(C)(C)OC(=O)n1c(Cl)nc2ccc([N+](=O)[O-])cc21. The number of hydrogen-bond donors (Lipinski definition) is 0. The third kappa shape index (κ3) is 2.72. The number of benzene rings is 1. The van der Waals surface area contributed by atoms with Crippen molar-refractivity contribution in [2.24, 2.45) is 0 Å². The van der Waals surface area contributed by atoms with Crippen molar-refractivity contribution >= 4 is 34.4 Å². The number of ether oxygens (including phenoxy) is 1. The van der Waals surface area contributed by atoms with Gasteiger partial charge in [0.15, 0.2) is 0 Å². The molecule has 20 heavy (non-hydrogen) atoms. The van der Waals surface area contributed by atoms with Gasteiger partial charge in [-0.25, -0.2) is 14.3 Å². The molecule has 0 amide bonds. The maximum atomic E-state index is 12.1. The van der Waals surface area contributed by atoms with E-state index in [4.69, 9.17) is 16.3 Å². The number of halogens is 1. The second kappa shape index (κ2) is 4.75. The van der Waals surface area contributed by atoms with Crippen LogP contribution in [0.1, 0.15) is 20.8 Å². The van der Waals surface area contributed by atoms with E-state index in [2.05, 4.69) is 4.98 Å². The smallest absolute Gasteiger partial charge is 0.421 e. The van der Waals surface area contributed by atoms with Gasteiger partial charge in [0.25, 0.3) is 5.69 Å². The highest BCUT2D eigenvalue weighted by atomic mass is 35.5. The Morgan fingerprint density at radius 3 is 2.65 bits per heavy atom. The van der Waals surface area contributed by atoms with Gasteiger partial charge in [-0.15, -0.1) is 0 Å². The Morgan fingerprint density at radius 1 is 1.45 bits per heavy atom. The standard InChI is InChI=1S/C12H12ClN3O4/c1-12(2,3)20-11(17)15-9-6-7(16(18)19)4-5-8(9)14-10(15)13/h4-6H,1-3H3. The lowest BCUT2D eigenvalue weighted by molar-refractivity contribution is -0.384.